The molecule has 1 rings (SSSR count). The maximum atomic E-state index is 10.3. The smallest absolute Gasteiger partial charge is 0.545 e. The number of carboxylic acid groups (broad SMARTS) is 2. The average molecular weight is 335 g/mol. The number of carbonyl (C=O) groups is 2. The van der Waals surface area contributed by atoms with Crippen molar-refractivity contribution in [2.45, 2.75) is 0 Å². The third kappa shape index (κ3) is 5.21. The Morgan fingerprint density at radius 3 is 1.36 bits per heavy atom. The molecule has 0 bridgehead atoms. The van der Waals surface area contributed by atoms with Crippen LogP contribution in [0.15, 0.2) is 24.3 Å². The van der Waals surface area contributed by atoms with Gasteiger partial charge in [0.2, 0.25) is 0 Å². The van der Waals surface area contributed by atoms with Crippen LogP contribution in [0.3, 0.4) is 0 Å². The summed E-state index contributed by atoms with van der Waals surface area (Å²) < 4.78 is 0. The summed E-state index contributed by atoms with van der Waals surface area (Å²) in [6.45, 7) is 0. The average Bonchev–Trinajstić information content (AvgIpc) is 2.04. The van der Waals surface area contributed by atoms with Gasteiger partial charge >= 0.3 is 116 Å². The summed E-state index contributed by atoms with van der Waals surface area (Å²) in [5.41, 5.74) is -0.727. The summed E-state index contributed by atoms with van der Waals surface area (Å²) in [4.78, 5) is 20.6. The van der Waals surface area contributed by atoms with E-state index in [1.165, 1.54) is 12.1 Å². The van der Waals surface area contributed by atoms with Crippen molar-refractivity contribution in [3.05, 3.63) is 35.4 Å². The first-order chi connectivity index (χ1) is 5.63. The fraction of sp³-hybridized carbons (Fsp3) is 0. The number of aromatic carboxylic acids is 2. The maximum Gasteiger partial charge on any atom is 1.00 e. The van der Waals surface area contributed by atoms with Crippen LogP contribution in [0.4, 0.5) is 0 Å². The SMILES string of the molecule is O=C([O-])c1ccccc1C(=O)[O-].[Rb+].[Rb+]. The molecule has 0 aliphatic heterocycles. The van der Waals surface area contributed by atoms with Gasteiger partial charge in [-0.25, -0.2) is 0 Å². The molecule has 0 amide bonds. The van der Waals surface area contributed by atoms with E-state index >= 15 is 0 Å². The van der Waals surface area contributed by atoms with E-state index < -0.39 is 11.9 Å². The first-order valence-corrected chi connectivity index (χ1v) is 3.14. The number of benzene rings is 1. The Hall–Kier alpha value is 1.77. The molecule has 0 unspecified atom stereocenters. The van der Waals surface area contributed by atoms with E-state index in [-0.39, 0.29) is 128 Å². The zero-order valence-corrected chi connectivity index (χ0v) is 17.8. The van der Waals surface area contributed by atoms with Crippen LogP contribution in [0.5, 0.6) is 0 Å². The van der Waals surface area contributed by atoms with Gasteiger partial charge in [0.1, 0.15) is 0 Å². The standard InChI is InChI=1S/C8H6O4.2Rb/c9-7(10)5-3-1-2-4-6(5)8(11)12;;/h1-4H,(H,9,10)(H,11,12);;/q;2*+1/p-2. The van der Waals surface area contributed by atoms with E-state index in [2.05, 4.69) is 0 Å². The van der Waals surface area contributed by atoms with E-state index in [1.54, 1.807) is 0 Å². The summed E-state index contributed by atoms with van der Waals surface area (Å²) in [6, 6.07) is 5.14. The van der Waals surface area contributed by atoms with Crippen LogP contribution in [0.2, 0.25) is 0 Å². The Balaban J connectivity index is 0. The molecule has 62 valence electrons. The minimum Gasteiger partial charge on any atom is -0.545 e. The van der Waals surface area contributed by atoms with Gasteiger partial charge in [0.25, 0.3) is 0 Å². The fourth-order valence-electron chi connectivity index (χ4n) is 0.839. The molecule has 1 aromatic carbocycles. The van der Waals surface area contributed by atoms with Crippen molar-refractivity contribution in [3.63, 3.8) is 0 Å². The summed E-state index contributed by atoms with van der Waals surface area (Å²) in [6.07, 6.45) is 0. The maximum absolute atomic E-state index is 10.3. The monoisotopic (exact) mass is 334 g/mol. The number of carboxylic acids is 2. The quantitative estimate of drug-likeness (QED) is 0.538. The molecule has 0 aliphatic rings. The molecule has 4 nitrogen and oxygen atoms in total. The normalized spacial score (nSPS) is 8.00. The number of rotatable bonds is 2. The van der Waals surface area contributed by atoms with Gasteiger partial charge in [0, 0.05) is 11.1 Å². The van der Waals surface area contributed by atoms with Crippen molar-refractivity contribution in [1.82, 2.24) is 0 Å². The van der Waals surface area contributed by atoms with Gasteiger partial charge in [-0.05, 0) is 0 Å². The van der Waals surface area contributed by atoms with Gasteiger partial charge in [-0.2, -0.15) is 0 Å². The minimum atomic E-state index is -1.52. The molecule has 1 aromatic rings. The van der Waals surface area contributed by atoms with Crippen LogP contribution in [0.1, 0.15) is 20.7 Å². The topological polar surface area (TPSA) is 80.3 Å². The largest absolute Gasteiger partial charge is 1.00 e. The molecule has 0 saturated carbocycles. The minimum absolute atomic E-state index is 0. The second kappa shape index (κ2) is 8.87. The van der Waals surface area contributed by atoms with Gasteiger partial charge in [-0.3, -0.25) is 0 Å². The van der Waals surface area contributed by atoms with Gasteiger partial charge in [-0.15, -0.1) is 0 Å². The second-order valence-corrected chi connectivity index (χ2v) is 2.12. The summed E-state index contributed by atoms with van der Waals surface area (Å²) in [5.74, 6) is -3.04. The number of hydrogen-bond acceptors (Lipinski definition) is 4. The molecule has 0 fully saturated rings. The molecule has 14 heavy (non-hydrogen) atoms. The summed E-state index contributed by atoms with van der Waals surface area (Å²) in [5, 5.41) is 20.6. The number of carbonyl (C=O) groups excluding carboxylic acids is 2. The van der Waals surface area contributed by atoms with Gasteiger partial charge in [-0.1, -0.05) is 24.3 Å². The predicted octanol–water partition coefficient (Wildman–Crippen LogP) is -7.58. The summed E-state index contributed by atoms with van der Waals surface area (Å²) in [7, 11) is 0. The molecular weight excluding hydrogens is 331 g/mol. The molecule has 0 N–H and O–H groups in total. The van der Waals surface area contributed by atoms with Crippen molar-refractivity contribution >= 4 is 11.9 Å². The van der Waals surface area contributed by atoms with Crippen LogP contribution in [-0.2, 0) is 0 Å². The van der Waals surface area contributed by atoms with E-state index in [9.17, 15) is 19.8 Å². The molecule has 0 aliphatic carbocycles. The first kappa shape index (κ1) is 18.1. The Morgan fingerprint density at radius 2 is 1.14 bits per heavy atom. The Labute approximate surface area is 179 Å². The van der Waals surface area contributed by atoms with Crippen LogP contribution in [0.25, 0.3) is 0 Å². The molecule has 0 radical (unpaired) electrons. The summed E-state index contributed by atoms with van der Waals surface area (Å²) >= 11 is 0. The molecular formula is C8H4O4Rb2. The zero-order valence-electron chi connectivity index (χ0n) is 7.94. The second-order valence-electron chi connectivity index (χ2n) is 2.12. The van der Waals surface area contributed by atoms with Crippen molar-refractivity contribution < 1.29 is 136 Å². The third-order valence-electron chi connectivity index (χ3n) is 1.37. The van der Waals surface area contributed by atoms with Crippen molar-refractivity contribution in [3.8, 4) is 0 Å². The van der Waals surface area contributed by atoms with Crippen molar-refractivity contribution in [2.24, 2.45) is 0 Å². The molecule has 0 saturated heterocycles. The molecule has 6 heteroatoms. The van der Waals surface area contributed by atoms with E-state index in [0.29, 0.717) is 0 Å². The van der Waals surface area contributed by atoms with Gasteiger partial charge < -0.3 is 19.8 Å². The van der Waals surface area contributed by atoms with Crippen molar-refractivity contribution in [2.75, 3.05) is 0 Å². The Kier molecular flexibility index (Phi) is 11.5. The van der Waals surface area contributed by atoms with Crippen LogP contribution in [0, 0.1) is 0 Å². The van der Waals surface area contributed by atoms with E-state index in [4.69, 9.17) is 0 Å². The van der Waals surface area contributed by atoms with Crippen LogP contribution < -0.4 is 127 Å². The Morgan fingerprint density at radius 1 is 0.857 bits per heavy atom. The van der Waals surface area contributed by atoms with Crippen molar-refractivity contribution in [1.29, 1.82) is 0 Å². The molecule has 0 aromatic heterocycles. The Bertz CT molecular complexity index is 305. The van der Waals surface area contributed by atoms with E-state index in [1.807, 2.05) is 0 Å². The third-order valence-corrected chi connectivity index (χ3v) is 1.37. The van der Waals surface area contributed by atoms with Gasteiger partial charge in [0.05, 0.1) is 11.9 Å². The van der Waals surface area contributed by atoms with Crippen LogP contribution in [-0.4, -0.2) is 11.9 Å². The fourth-order valence-corrected chi connectivity index (χ4v) is 0.839. The van der Waals surface area contributed by atoms with Gasteiger partial charge in [0.15, 0.2) is 0 Å². The molecule has 0 atom stereocenters. The molecule has 0 spiro atoms. The van der Waals surface area contributed by atoms with Crippen LogP contribution >= 0.6 is 0 Å². The number of hydrogen-bond donors (Lipinski definition) is 0. The first-order valence-electron chi connectivity index (χ1n) is 3.14. The molecule has 0 heterocycles. The predicted molar refractivity (Wildman–Crippen MR) is 35.1 cm³/mol. The van der Waals surface area contributed by atoms with E-state index in [0.717, 1.165) is 12.1 Å². The zero-order chi connectivity index (χ0) is 9.14.